The predicted molar refractivity (Wildman–Crippen MR) is 390 cm³/mol. The fraction of sp³-hybridized carbons (Fsp3) is 0.197. The average molecular weight is 1790 g/mol. The van der Waals surface area contributed by atoms with Crippen LogP contribution in [0.2, 0.25) is 45.2 Å². The number of nitrogens with two attached hydrogens (primary N) is 1. The lowest BCUT2D eigenvalue weighted by atomic mass is 10.2. The minimum atomic E-state index is -4.58. The molecule has 0 saturated carbocycles. The number of benzene rings is 4. The number of aromatic hydroxyl groups is 1. The molecule has 48 heteroatoms. The van der Waals surface area contributed by atoms with Crippen LogP contribution >= 0.6 is 104 Å². The molecule has 2 fully saturated rings. The number of fused-ring (bicyclic) bond motifs is 3. The van der Waals surface area contributed by atoms with E-state index >= 15 is 0 Å². The quantitative estimate of drug-likeness (QED) is 0.0417. The highest BCUT2D eigenvalue weighted by Crippen LogP contribution is 2.43. The van der Waals surface area contributed by atoms with Crippen LogP contribution in [0.1, 0.15) is 22.3 Å². The maximum absolute atomic E-state index is 13.1. The van der Waals surface area contributed by atoms with Gasteiger partial charge in [0.15, 0.2) is 16.9 Å². The first-order valence-corrected chi connectivity index (χ1v) is 36.5. The number of aliphatic hydroxyl groups is 1. The number of amides is 2. The molecule has 0 bridgehead atoms. The number of alkyl halides is 9. The third-order valence-electron chi connectivity index (χ3n) is 15.5. The smallest absolute Gasteiger partial charge is 0.417 e. The van der Waals surface area contributed by atoms with Crippen LogP contribution in [-0.4, -0.2) is 147 Å². The van der Waals surface area contributed by atoms with E-state index in [0.29, 0.717) is 11.1 Å². The van der Waals surface area contributed by atoms with Crippen LogP contribution in [0, 0.1) is 6.92 Å². The molecular weight excluding hydrogens is 1750 g/mol. The number of carbonyl (C=O) groups excluding carboxylic acids is 2. The van der Waals surface area contributed by atoms with Crippen molar-refractivity contribution in [2.75, 3.05) is 39.6 Å². The maximum Gasteiger partial charge on any atom is 0.417 e. The monoisotopic (exact) mass is 1790 g/mol. The lowest BCUT2D eigenvalue weighted by molar-refractivity contribution is -0.138. The van der Waals surface area contributed by atoms with Gasteiger partial charge in [-0.05, 0) is 55.5 Å². The van der Waals surface area contributed by atoms with Crippen molar-refractivity contribution in [1.82, 2.24) is 69.4 Å². The summed E-state index contributed by atoms with van der Waals surface area (Å²) in [6.45, 7) is 1.87. The molecule has 29 nitrogen and oxygen atoms in total. The van der Waals surface area contributed by atoms with E-state index in [2.05, 4.69) is 60.9 Å². The first-order chi connectivity index (χ1) is 53.7. The Morgan fingerprint density at radius 1 is 0.500 bits per heavy atom. The summed E-state index contributed by atoms with van der Waals surface area (Å²) in [7, 11) is -3.79. The number of aliphatic hydroxyl groups excluding tert-OH is 1. The van der Waals surface area contributed by atoms with E-state index in [1.165, 1.54) is 67.1 Å². The normalized spacial score (nSPS) is 14.7. The second kappa shape index (κ2) is 33.9. The fourth-order valence-electron chi connectivity index (χ4n) is 9.97. The average Bonchev–Trinajstić information content (AvgIpc) is 1.63. The van der Waals surface area contributed by atoms with E-state index in [4.69, 9.17) is 147 Å². The van der Waals surface area contributed by atoms with E-state index < -0.39 is 69.6 Å². The van der Waals surface area contributed by atoms with Crippen molar-refractivity contribution >= 4 is 144 Å². The number of phenolic OH excluding ortho intramolecular Hbond substituents is 1. The second-order valence-electron chi connectivity index (χ2n) is 23.8. The number of nitrogens with zero attached hydrogens (tertiary/aromatic N) is 12. The van der Waals surface area contributed by atoms with Crippen LogP contribution in [0.25, 0.3) is 86.1 Å². The van der Waals surface area contributed by atoms with Gasteiger partial charge in [0.25, 0.3) is 27.8 Å². The number of cyclic esters (lactones) is 2. The first-order valence-electron chi connectivity index (χ1n) is 31.7. The number of alkyl carbamates (subject to hydrolysis) is 2. The Morgan fingerprint density at radius 2 is 0.860 bits per heavy atom. The van der Waals surface area contributed by atoms with Crippen LogP contribution in [0.15, 0.2) is 134 Å². The van der Waals surface area contributed by atoms with Gasteiger partial charge >= 0.3 is 30.7 Å². The van der Waals surface area contributed by atoms with Crippen molar-refractivity contribution in [1.29, 1.82) is 0 Å². The summed E-state index contributed by atoms with van der Waals surface area (Å²) in [6, 6.07) is 15.7. The number of pyridine rings is 3. The Bertz CT molecular complexity index is 5930. The number of nitrogens with one attached hydrogen (secondary N) is 2. The molecule has 2 aliphatic rings. The zero-order chi connectivity index (χ0) is 82.2. The molecule has 2 saturated heterocycles. The molecule has 2 amide bonds. The number of carbonyl (C=O) groups is 2. The largest absolute Gasteiger partial charge is 0.506 e. The van der Waals surface area contributed by atoms with Gasteiger partial charge in [-0.15, -0.1) is 30.6 Å². The fourth-order valence-corrected chi connectivity index (χ4v) is 13.0. The third kappa shape index (κ3) is 19.5. The summed E-state index contributed by atoms with van der Waals surface area (Å²) in [6.07, 6.45) is -8.40. The van der Waals surface area contributed by atoms with E-state index in [9.17, 15) is 62.6 Å². The maximum atomic E-state index is 13.1. The molecular formula is C66H43Cl9F9N15O14S. The predicted octanol–water partition coefficient (Wildman–Crippen LogP) is 16.8. The number of ether oxygens (including phenoxy) is 4. The molecule has 11 heterocycles. The molecule has 598 valence electrons. The van der Waals surface area contributed by atoms with Crippen molar-refractivity contribution in [2.45, 2.75) is 48.5 Å². The number of phenols is 1. The SMILES string of the molecule is Cc1ccc(S(=O)(=O)OCC2COC(=O)N2)cc1.NC(CO)COc1cc(Cl)c(-c2nnc(-c3cn4cc(C(F)(F)F)cc(Cl)c4n3)o2)cc1Cl.O=C1NC(COc2cc(Cl)c(-c3nnc(-c4cn5cc(C(F)(F)F)cc(Cl)c5n4)o3)cc2Cl)CO1.Oc1cc(Cl)c(-c2nnc(-c3cn4cc(C(F)(F)F)cc(Cl)c4n3)o2)cc1Cl. The van der Waals surface area contributed by atoms with Gasteiger partial charge in [-0.1, -0.05) is 122 Å². The molecule has 9 aromatic heterocycles. The zero-order valence-corrected chi connectivity index (χ0v) is 64.0. The van der Waals surface area contributed by atoms with Gasteiger partial charge in [-0.25, -0.2) is 24.5 Å². The van der Waals surface area contributed by atoms with Gasteiger partial charge in [0.1, 0.15) is 66.8 Å². The number of hydrogen-bond donors (Lipinski definition) is 5. The Kier molecular flexibility index (Phi) is 24.8. The molecule has 3 atom stereocenters. The summed E-state index contributed by atoms with van der Waals surface area (Å²) in [4.78, 5) is 34.4. The van der Waals surface area contributed by atoms with Crippen LogP contribution in [0.4, 0.5) is 49.1 Å². The first kappa shape index (κ1) is 83.5. The standard InChI is InChI=1S/C20H11Cl3F3N5O4.C19H13Cl3F3N5O3.C16H6Cl3F3N4O2.C11H13NO5S/c21-11-3-15(33-6-9-7-34-19(32)27-9)12(22)2-10(11)17-29-30-18(35-17)14-5-31-4-8(20(24,25)26)1-13(23)16(31)28-14;20-11-3-15(32-7-9(26)6-31)12(21)2-10(11)17-28-29-18(33-17)14-5-30-4-8(19(23,24)25)1-13(22)16(30)27-14;17-8-3-12(27)9(18)2-7(8)14-24-25-15(28-14)11-5-26-4-6(16(20,21)22)1-10(19)13(26)23-11;1-8-2-4-10(5-3-8)18(14,15)17-7-9-6-16-11(13)12-9/h1-5,9H,6-7H2,(H,27,32);1-5,9,31H,6-7,26H2;1-5,27H;2-5,9H,6-7H2,1H3,(H,12,13). The molecule has 0 radical (unpaired) electrons. The van der Waals surface area contributed by atoms with Gasteiger partial charge in [-0.2, -0.15) is 47.9 Å². The Labute approximate surface area is 676 Å². The van der Waals surface area contributed by atoms with Gasteiger partial charge in [-0.3, -0.25) is 4.18 Å². The van der Waals surface area contributed by atoms with Crippen molar-refractivity contribution in [3.05, 3.63) is 184 Å². The van der Waals surface area contributed by atoms with Crippen LogP contribution in [-0.2, 0) is 42.3 Å². The second-order valence-corrected chi connectivity index (χ2v) is 29.1. The Hall–Kier alpha value is -9.88. The number of imidazole rings is 3. The zero-order valence-electron chi connectivity index (χ0n) is 56.4. The molecule has 15 rings (SSSR count). The number of aryl methyl sites for hydroxylation is 1. The van der Waals surface area contributed by atoms with Crippen LogP contribution < -0.4 is 25.8 Å². The Balaban J connectivity index is 0.000000144. The van der Waals surface area contributed by atoms with Gasteiger partial charge in [0.05, 0.1) is 109 Å². The number of halogens is 18. The van der Waals surface area contributed by atoms with Gasteiger partial charge < -0.3 is 72.0 Å². The topological polar surface area (TPSA) is 374 Å². The van der Waals surface area contributed by atoms with E-state index in [-0.39, 0.29) is 188 Å². The summed E-state index contributed by atoms with van der Waals surface area (Å²) < 4.78 is 186. The molecule has 2 aliphatic heterocycles. The number of aromatic nitrogens is 12. The van der Waals surface area contributed by atoms with E-state index in [0.717, 1.165) is 55.6 Å². The minimum Gasteiger partial charge on any atom is -0.506 e. The van der Waals surface area contributed by atoms with Crippen molar-refractivity contribution in [3.8, 4) is 86.4 Å². The highest BCUT2D eigenvalue weighted by molar-refractivity contribution is 7.86. The van der Waals surface area contributed by atoms with Crippen molar-refractivity contribution in [3.63, 3.8) is 0 Å². The summed E-state index contributed by atoms with van der Waals surface area (Å²) in [5.74, 6) is 0.0535. The molecule has 3 unspecified atom stereocenters. The van der Waals surface area contributed by atoms with Crippen molar-refractivity contribution in [2.24, 2.45) is 5.73 Å². The van der Waals surface area contributed by atoms with Crippen LogP contribution in [0.3, 0.4) is 0 Å². The lowest BCUT2D eigenvalue weighted by Crippen LogP contribution is -2.32. The minimum absolute atomic E-state index is 0.00496. The summed E-state index contributed by atoms with van der Waals surface area (Å²) in [5.41, 5.74) is 5.21. The number of rotatable bonds is 17. The van der Waals surface area contributed by atoms with Gasteiger partial charge in [0, 0.05) is 55.4 Å². The molecule has 0 aliphatic carbocycles. The molecule has 6 N–H and O–H groups in total. The molecule has 4 aromatic carbocycles. The molecule has 13 aromatic rings. The van der Waals surface area contributed by atoms with E-state index in [1.54, 1.807) is 12.1 Å². The highest BCUT2D eigenvalue weighted by atomic mass is 35.5. The molecule has 0 spiro atoms. The number of hydrogen-bond acceptors (Lipinski definition) is 24. The molecule has 114 heavy (non-hydrogen) atoms. The highest BCUT2D eigenvalue weighted by Gasteiger charge is 2.36. The van der Waals surface area contributed by atoms with Gasteiger partial charge in [0.2, 0.25) is 17.7 Å². The van der Waals surface area contributed by atoms with Crippen LogP contribution in [0.5, 0.6) is 17.2 Å². The van der Waals surface area contributed by atoms with Crippen molar-refractivity contribution < 1.29 is 104 Å². The lowest BCUT2D eigenvalue weighted by Gasteiger charge is -2.13. The Morgan fingerprint density at radius 3 is 1.23 bits per heavy atom. The summed E-state index contributed by atoms with van der Waals surface area (Å²) in [5, 5.41) is 47.1. The van der Waals surface area contributed by atoms with E-state index in [1.807, 2.05) is 6.92 Å². The summed E-state index contributed by atoms with van der Waals surface area (Å²) >= 11 is 54.9. The third-order valence-corrected chi connectivity index (χ3v) is 19.5.